The molecule has 0 aliphatic rings. The zero-order valence-corrected chi connectivity index (χ0v) is 11.6. The molecule has 1 aromatic carbocycles. The van der Waals surface area contributed by atoms with Gasteiger partial charge in [0.2, 0.25) is 0 Å². The van der Waals surface area contributed by atoms with E-state index in [1.807, 2.05) is 31.2 Å². The molecule has 2 rings (SSSR count). The van der Waals surface area contributed by atoms with Crippen LogP contribution in [0, 0.1) is 0 Å². The molecule has 0 radical (unpaired) electrons. The summed E-state index contributed by atoms with van der Waals surface area (Å²) in [7, 11) is 0. The number of nitrogens with zero attached hydrogens (tertiary/aromatic N) is 2. The highest BCUT2D eigenvalue weighted by molar-refractivity contribution is 8.01. The van der Waals surface area contributed by atoms with Crippen molar-refractivity contribution in [3.8, 4) is 0 Å². The molecule has 1 heterocycles. The van der Waals surface area contributed by atoms with Crippen LogP contribution in [0.3, 0.4) is 0 Å². The van der Waals surface area contributed by atoms with Crippen LogP contribution in [0.25, 0.3) is 0 Å². The van der Waals surface area contributed by atoms with Crippen molar-refractivity contribution < 1.29 is 0 Å². The van der Waals surface area contributed by atoms with E-state index in [2.05, 4.69) is 9.36 Å². The van der Waals surface area contributed by atoms with Gasteiger partial charge < -0.3 is 5.73 Å². The Hall–Kier alpha value is -0.620. The van der Waals surface area contributed by atoms with Gasteiger partial charge >= 0.3 is 0 Å². The van der Waals surface area contributed by atoms with Crippen LogP contribution in [0.2, 0.25) is 5.02 Å². The zero-order valence-electron chi connectivity index (χ0n) is 9.21. The SMILES string of the molecule is CC(N)C(Sc1ncns1)c1ccc(Cl)cc1. The van der Waals surface area contributed by atoms with Gasteiger partial charge in [-0.3, -0.25) is 0 Å². The lowest BCUT2D eigenvalue weighted by atomic mass is 10.1. The molecule has 2 N–H and O–H groups in total. The van der Waals surface area contributed by atoms with Crippen LogP contribution >= 0.6 is 34.9 Å². The van der Waals surface area contributed by atoms with E-state index in [-0.39, 0.29) is 11.3 Å². The molecule has 0 aliphatic heterocycles. The number of nitrogens with two attached hydrogens (primary N) is 1. The first-order valence-electron chi connectivity index (χ1n) is 5.11. The monoisotopic (exact) mass is 285 g/mol. The smallest absolute Gasteiger partial charge is 0.170 e. The summed E-state index contributed by atoms with van der Waals surface area (Å²) in [4.78, 5) is 4.17. The Labute approximate surface area is 114 Å². The van der Waals surface area contributed by atoms with Gasteiger partial charge in [-0.05, 0) is 36.2 Å². The van der Waals surface area contributed by atoms with Gasteiger partial charge in [0, 0.05) is 11.1 Å². The summed E-state index contributed by atoms with van der Waals surface area (Å²) in [6.45, 7) is 1.99. The van der Waals surface area contributed by atoms with Gasteiger partial charge in [-0.25, -0.2) is 4.98 Å². The molecule has 90 valence electrons. The first kappa shape index (κ1) is 12.8. The third-order valence-corrected chi connectivity index (χ3v) is 4.73. The minimum atomic E-state index is 0.0325. The fourth-order valence-electron chi connectivity index (χ4n) is 1.45. The average Bonchev–Trinajstić information content (AvgIpc) is 2.80. The standard InChI is InChI=1S/C11H12ClN3S2/c1-7(13)10(16-11-14-6-15-17-11)8-2-4-9(12)5-3-8/h2-7,10H,13H2,1H3. The van der Waals surface area contributed by atoms with Crippen molar-refractivity contribution in [3.05, 3.63) is 41.2 Å². The quantitative estimate of drug-likeness (QED) is 0.875. The van der Waals surface area contributed by atoms with E-state index < -0.39 is 0 Å². The molecule has 0 spiro atoms. The van der Waals surface area contributed by atoms with Gasteiger partial charge in [0.1, 0.15) is 6.33 Å². The van der Waals surface area contributed by atoms with E-state index in [4.69, 9.17) is 17.3 Å². The second-order valence-electron chi connectivity index (χ2n) is 3.66. The average molecular weight is 286 g/mol. The van der Waals surface area contributed by atoms with Crippen molar-refractivity contribution in [1.82, 2.24) is 9.36 Å². The van der Waals surface area contributed by atoms with Crippen LogP contribution in [0.1, 0.15) is 17.7 Å². The van der Waals surface area contributed by atoms with Crippen LogP contribution in [0.5, 0.6) is 0 Å². The van der Waals surface area contributed by atoms with Crippen molar-refractivity contribution in [2.24, 2.45) is 5.73 Å². The zero-order chi connectivity index (χ0) is 12.3. The Kier molecular flexibility index (Phi) is 4.39. The van der Waals surface area contributed by atoms with Gasteiger partial charge in [0.25, 0.3) is 0 Å². The Morgan fingerprint density at radius 1 is 1.35 bits per heavy atom. The first-order valence-corrected chi connectivity index (χ1v) is 7.14. The van der Waals surface area contributed by atoms with E-state index in [1.165, 1.54) is 11.5 Å². The van der Waals surface area contributed by atoms with Gasteiger partial charge in [-0.1, -0.05) is 35.5 Å². The van der Waals surface area contributed by atoms with E-state index in [1.54, 1.807) is 18.1 Å². The number of rotatable bonds is 4. The van der Waals surface area contributed by atoms with Gasteiger partial charge in [-0.15, -0.1) is 0 Å². The lowest BCUT2D eigenvalue weighted by molar-refractivity contribution is 0.721. The van der Waals surface area contributed by atoms with Crippen molar-refractivity contribution in [2.45, 2.75) is 22.6 Å². The fourth-order valence-corrected chi connectivity index (χ4v) is 3.30. The molecule has 2 atom stereocenters. The maximum Gasteiger partial charge on any atom is 0.170 e. The summed E-state index contributed by atoms with van der Waals surface area (Å²) in [5.74, 6) is 0. The maximum atomic E-state index is 6.03. The third-order valence-electron chi connectivity index (χ3n) is 2.24. The van der Waals surface area contributed by atoms with Crippen LogP contribution in [0.4, 0.5) is 0 Å². The molecular formula is C11H12ClN3S2. The van der Waals surface area contributed by atoms with Gasteiger partial charge in [0.15, 0.2) is 4.34 Å². The number of hydrogen-bond donors (Lipinski definition) is 1. The third kappa shape index (κ3) is 3.42. The lowest BCUT2D eigenvalue weighted by Crippen LogP contribution is -2.22. The fraction of sp³-hybridized carbons (Fsp3) is 0.273. The van der Waals surface area contributed by atoms with Crippen molar-refractivity contribution in [1.29, 1.82) is 0 Å². The number of hydrogen-bond acceptors (Lipinski definition) is 5. The molecule has 0 aliphatic carbocycles. The minimum absolute atomic E-state index is 0.0325. The number of thioether (sulfide) groups is 1. The summed E-state index contributed by atoms with van der Waals surface area (Å²) in [5, 5.41) is 0.901. The highest BCUT2D eigenvalue weighted by Gasteiger charge is 2.19. The normalized spacial score (nSPS) is 14.5. The minimum Gasteiger partial charge on any atom is -0.327 e. The summed E-state index contributed by atoms with van der Waals surface area (Å²) in [6.07, 6.45) is 1.56. The predicted octanol–water partition coefficient (Wildman–Crippen LogP) is 3.37. The van der Waals surface area contributed by atoms with E-state index in [9.17, 15) is 0 Å². The van der Waals surface area contributed by atoms with E-state index in [0.29, 0.717) is 0 Å². The van der Waals surface area contributed by atoms with Crippen LogP contribution in [-0.2, 0) is 0 Å². The second kappa shape index (κ2) is 5.82. The Morgan fingerprint density at radius 2 is 2.06 bits per heavy atom. The highest BCUT2D eigenvalue weighted by atomic mass is 35.5. The number of halogens is 1. The summed E-state index contributed by atoms with van der Waals surface area (Å²) in [5.41, 5.74) is 7.18. The van der Waals surface area contributed by atoms with E-state index in [0.717, 1.165) is 14.9 Å². The Bertz CT molecular complexity index is 456. The molecule has 0 saturated heterocycles. The largest absolute Gasteiger partial charge is 0.327 e. The van der Waals surface area contributed by atoms with Gasteiger partial charge in [-0.2, -0.15) is 4.37 Å². The molecule has 2 aromatic rings. The molecular weight excluding hydrogens is 274 g/mol. The molecule has 1 aromatic heterocycles. The number of aromatic nitrogens is 2. The van der Waals surface area contributed by atoms with Crippen LogP contribution in [0.15, 0.2) is 34.9 Å². The molecule has 0 amide bonds. The van der Waals surface area contributed by atoms with E-state index >= 15 is 0 Å². The topological polar surface area (TPSA) is 51.8 Å². The van der Waals surface area contributed by atoms with Crippen LogP contribution in [-0.4, -0.2) is 15.4 Å². The highest BCUT2D eigenvalue weighted by Crippen LogP contribution is 2.37. The Balaban J connectivity index is 2.20. The van der Waals surface area contributed by atoms with Gasteiger partial charge in [0.05, 0.1) is 5.25 Å². The maximum absolute atomic E-state index is 6.03. The van der Waals surface area contributed by atoms with Crippen molar-refractivity contribution >= 4 is 34.9 Å². The lowest BCUT2D eigenvalue weighted by Gasteiger charge is -2.19. The summed E-state index contributed by atoms with van der Waals surface area (Å²) in [6, 6.07) is 7.80. The molecule has 0 fully saturated rings. The van der Waals surface area contributed by atoms with Crippen molar-refractivity contribution in [2.75, 3.05) is 0 Å². The Morgan fingerprint density at radius 3 is 2.59 bits per heavy atom. The molecule has 17 heavy (non-hydrogen) atoms. The van der Waals surface area contributed by atoms with Crippen LogP contribution < -0.4 is 5.73 Å². The first-order chi connectivity index (χ1) is 8.16. The summed E-state index contributed by atoms with van der Waals surface area (Å²) >= 11 is 8.91. The summed E-state index contributed by atoms with van der Waals surface area (Å²) < 4.78 is 4.92. The molecule has 3 nitrogen and oxygen atoms in total. The number of benzene rings is 1. The van der Waals surface area contributed by atoms with Crippen molar-refractivity contribution in [3.63, 3.8) is 0 Å². The molecule has 6 heteroatoms. The molecule has 0 bridgehead atoms. The second-order valence-corrected chi connectivity index (χ2v) is 6.26. The molecule has 2 unspecified atom stereocenters. The molecule has 0 saturated carbocycles. The predicted molar refractivity (Wildman–Crippen MR) is 73.6 cm³/mol.